The summed E-state index contributed by atoms with van der Waals surface area (Å²) in [5, 5.41) is 0. The molecule has 4 unspecified atom stereocenters. The lowest BCUT2D eigenvalue weighted by molar-refractivity contribution is 0.0105. The first-order valence-electron chi connectivity index (χ1n) is 11.2. The molecule has 2 saturated carbocycles. The average Bonchev–Trinajstić information content (AvgIpc) is 3.51. The Labute approximate surface area is 173 Å². The van der Waals surface area contributed by atoms with Gasteiger partial charge in [0.05, 0.1) is 17.9 Å². The van der Waals surface area contributed by atoms with Gasteiger partial charge in [0.1, 0.15) is 5.82 Å². The van der Waals surface area contributed by atoms with E-state index in [4.69, 9.17) is 4.74 Å². The number of pyridine rings is 1. The summed E-state index contributed by atoms with van der Waals surface area (Å²) in [5.41, 5.74) is 2.95. The van der Waals surface area contributed by atoms with Crippen LogP contribution in [0.15, 0.2) is 48.7 Å². The van der Waals surface area contributed by atoms with Crippen LogP contribution in [0.5, 0.6) is 0 Å². The number of hydrogen-bond acceptors (Lipinski definition) is 2. The van der Waals surface area contributed by atoms with Gasteiger partial charge >= 0.3 is 0 Å². The predicted octanol–water partition coefficient (Wildman–Crippen LogP) is 6.52. The van der Waals surface area contributed by atoms with Gasteiger partial charge in [0.15, 0.2) is 0 Å². The Morgan fingerprint density at radius 2 is 2.03 bits per heavy atom. The van der Waals surface area contributed by atoms with Gasteiger partial charge in [-0.05, 0) is 72.8 Å². The highest BCUT2D eigenvalue weighted by molar-refractivity contribution is 5.63. The number of benzene rings is 1. The molecule has 2 heterocycles. The highest BCUT2D eigenvalue weighted by Crippen LogP contribution is 2.58. The minimum atomic E-state index is -0.215. The van der Waals surface area contributed by atoms with Gasteiger partial charge in [-0.2, -0.15) is 0 Å². The third-order valence-corrected chi connectivity index (χ3v) is 7.60. The number of fused-ring (bicyclic) bond motifs is 1. The minimum absolute atomic E-state index is 0.164. The largest absolute Gasteiger partial charge is 0.369 e. The molecule has 2 aromatic rings. The second-order valence-electron chi connectivity index (χ2n) is 9.20. The summed E-state index contributed by atoms with van der Waals surface area (Å²) in [6.45, 7) is 3.28. The molecule has 3 fully saturated rings. The molecular formula is C26H30FNO. The molecule has 3 heteroatoms. The lowest BCUT2D eigenvalue weighted by atomic mass is 9.57. The van der Waals surface area contributed by atoms with E-state index in [9.17, 15) is 4.39 Å². The first-order chi connectivity index (χ1) is 14.2. The molecule has 2 aliphatic carbocycles. The zero-order chi connectivity index (χ0) is 19.8. The lowest BCUT2D eigenvalue weighted by Gasteiger charge is -2.47. The molecule has 5 atom stereocenters. The maximum Gasteiger partial charge on any atom is 0.123 e. The van der Waals surface area contributed by atoms with Crippen LogP contribution in [0.2, 0.25) is 0 Å². The van der Waals surface area contributed by atoms with Crippen LogP contribution in [0, 0.1) is 29.5 Å². The SMILES string of the molecule is CCC1[C@@H](/C=C/c2ccc(-c3cccc(F)c3)cn2)C2CCCCC2CC12CO2. The summed E-state index contributed by atoms with van der Waals surface area (Å²) >= 11 is 0. The molecule has 2 nitrogen and oxygen atoms in total. The zero-order valence-corrected chi connectivity index (χ0v) is 17.2. The molecule has 0 bridgehead atoms. The summed E-state index contributed by atoms with van der Waals surface area (Å²) in [6, 6.07) is 10.8. The van der Waals surface area contributed by atoms with Gasteiger partial charge in [-0.25, -0.2) is 4.39 Å². The number of halogens is 1. The van der Waals surface area contributed by atoms with Gasteiger partial charge in [0.25, 0.3) is 0 Å². The van der Waals surface area contributed by atoms with E-state index in [1.165, 1.54) is 44.6 Å². The quantitative estimate of drug-likeness (QED) is 0.554. The van der Waals surface area contributed by atoms with Crippen molar-refractivity contribution in [2.24, 2.45) is 23.7 Å². The van der Waals surface area contributed by atoms with Gasteiger partial charge in [0.2, 0.25) is 0 Å². The van der Waals surface area contributed by atoms with E-state index in [1.807, 2.05) is 24.4 Å². The van der Waals surface area contributed by atoms with Gasteiger partial charge < -0.3 is 4.74 Å². The second kappa shape index (κ2) is 7.68. The number of hydrogen-bond donors (Lipinski definition) is 0. The van der Waals surface area contributed by atoms with Gasteiger partial charge in [-0.3, -0.25) is 4.98 Å². The Balaban J connectivity index is 1.37. The Kier molecular flexibility index (Phi) is 5.03. The topological polar surface area (TPSA) is 25.4 Å². The van der Waals surface area contributed by atoms with Crippen molar-refractivity contribution in [3.63, 3.8) is 0 Å². The van der Waals surface area contributed by atoms with E-state index in [-0.39, 0.29) is 11.4 Å². The van der Waals surface area contributed by atoms with Crippen LogP contribution >= 0.6 is 0 Å². The van der Waals surface area contributed by atoms with Crippen LogP contribution in [0.1, 0.15) is 51.1 Å². The number of ether oxygens (including phenoxy) is 1. The summed E-state index contributed by atoms with van der Waals surface area (Å²) in [5.74, 6) is 2.63. The van der Waals surface area contributed by atoms with Crippen molar-refractivity contribution in [2.45, 2.75) is 51.0 Å². The fourth-order valence-electron chi connectivity index (χ4n) is 6.14. The molecule has 5 rings (SSSR count). The van der Waals surface area contributed by atoms with Crippen molar-refractivity contribution < 1.29 is 9.13 Å². The van der Waals surface area contributed by atoms with Crippen LogP contribution in [0.25, 0.3) is 17.2 Å². The molecule has 1 saturated heterocycles. The number of nitrogens with zero attached hydrogens (tertiary/aromatic N) is 1. The van der Waals surface area contributed by atoms with Crippen molar-refractivity contribution in [3.8, 4) is 11.1 Å². The molecule has 1 spiro atoms. The summed E-state index contributed by atoms with van der Waals surface area (Å²) in [7, 11) is 0. The number of allylic oxidation sites excluding steroid dienone is 1. The van der Waals surface area contributed by atoms with E-state index in [0.717, 1.165) is 35.3 Å². The Morgan fingerprint density at radius 1 is 1.17 bits per heavy atom. The highest BCUT2D eigenvalue weighted by atomic mass is 19.1. The normalized spacial score (nSPS) is 33.7. The smallest absolute Gasteiger partial charge is 0.123 e. The van der Waals surface area contributed by atoms with E-state index >= 15 is 0 Å². The monoisotopic (exact) mass is 391 g/mol. The van der Waals surface area contributed by atoms with Crippen molar-refractivity contribution in [1.29, 1.82) is 0 Å². The Hall–Kier alpha value is -2.00. The van der Waals surface area contributed by atoms with Gasteiger partial charge in [-0.15, -0.1) is 0 Å². The second-order valence-corrected chi connectivity index (χ2v) is 9.20. The predicted molar refractivity (Wildman–Crippen MR) is 115 cm³/mol. The highest BCUT2D eigenvalue weighted by Gasteiger charge is 2.59. The van der Waals surface area contributed by atoms with Crippen molar-refractivity contribution in [2.75, 3.05) is 6.61 Å². The van der Waals surface area contributed by atoms with Crippen LogP contribution in [-0.4, -0.2) is 17.2 Å². The van der Waals surface area contributed by atoms with Crippen LogP contribution in [-0.2, 0) is 4.74 Å². The molecule has 0 N–H and O–H groups in total. The van der Waals surface area contributed by atoms with E-state index in [0.29, 0.717) is 11.8 Å². The third-order valence-electron chi connectivity index (χ3n) is 7.60. The summed E-state index contributed by atoms with van der Waals surface area (Å²) in [6.07, 6.45) is 14.4. The van der Waals surface area contributed by atoms with Gasteiger partial charge in [0, 0.05) is 11.8 Å². The molecule has 1 aromatic heterocycles. The summed E-state index contributed by atoms with van der Waals surface area (Å²) in [4.78, 5) is 4.64. The Morgan fingerprint density at radius 3 is 2.76 bits per heavy atom. The van der Waals surface area contributed by atoms with Crippen molar-refractivity contribution in [3.05, 3.63) is 60.2 Å². The maximum absolute atomic E-state index is 13.5. The number of aromatic nitrogens is 1. The fraction of sp³-hybridized carbons (Fsp3) is 0.500. The number of rotatable bonds is 4. The van der Waals surface area contributed by atoms with E-state index in [1.54, 1.807) is 12.1 Å². The first-order valence-corrected chi connectivity index (χ1v) is 11.2. The van der Waals surface area contributed by atoms with Crippen molar-refractivity contribution >= 4 is 6.08 Å². The molecule has 29 heavy (non-hydrogen) atoms. The third kappa shape index (κ3) is 3.66. The van der Waals surface area contributed by atoms with E-state index < -0.39 is 0 Å². The molecule has 0 amide bonds. The fourth-order valence-corrected chi connectivity index (χ4v) is 6.14. The maximum atomic E-state index is 13.5. The summed E-state index contributed by atoms with van der Waals surface area (Å²) < 4.78 is 19.6. The average molecular weight is 392 g/mol. The molecular weight excluding hydrogens is 361 g/mol. The van der Waals surface area contributed by atoms with Gasteiger partial charge in [-0.1, -0.05) is 50.5 Å². The number of epoxide rings is 1. The van der Waals surface area contributed by atoms with Crippen LogP contribution < -0.4 is 0 Å². The van der Waals surface area contributed by atoms with Crippen molar-refractivity contribution in [1.82, 2.24) is 4.98 Å². The molecule has 1 aliphatic heterocycles. The van der Waals surface area contributed by atoms with E-state index in [2.05, 4.69) is 24.1 Å². The molecule has 152 valence electrons. The van der Waals surface area contributed by atoms with Crippen LogP contribution in [0.4, 0.5) is 4.39 Å². The van der Waals surface area contributed by atoms with Crippen LogP contribution in [0.3, 0.4) is 0 Å². The molecule has 0 radical (unpaired) electrons. The standard InChI is InChI=1S/C26H30FNO/c1-2-25-24(23-9-4-3-6-19(23)15-26(25)17-29-26)13-12-22-11-10-20(16-28-22)18-7-5-8-21(27)14-18/h5,7-8,10-14,16,19,23-25H,2-4,6,9,15,17H2,1H3/b13-12+/t19?,23?,24-,25?,26?/m0/s1. The first kappa shape index (κ1) is 19.0. The minimum Gasteiger partial charge on any atom is -0.369 e. The Bertz CT molecular complexity index is 886. The zero-order valence-electron chi connectivity index (χ0n) is 17.2. The molecule has 1 aromatic carbocycles. The molecule has 3 aliphatic rings. The lowest BCUT2D eigenvalue weighted by Crippen LogP contribution is -2.45.